The number of carbonyl (C=O) groups excluding carboxylic acids is 2. The highest BCUT2D eigenvalue weighted by Crippen LogP contribution is 2.18. The molecule has 0 fully saturated rings. The molecule has 0 atom stereocenters. The van der Waals surface area contributed by atoms with Crippen LogP contribution in [0.2, 0.25) is 0 Å². The molecule has 0 heterocycles. The van der Waals surface area contributed by atoms with Crippen molar-refractivity contribution in [3.8, 4) is 11.5 Å². The molecule has 6 aromatic carbocycles. The number of esters is 2. The number of hydrogen-bond donors (Lipinski definition) is 0. The van der Waals surface area contributed by atoms with Gasteiger partial charge in [0.25, 0.3) is 0 Å². The summed E-state index contributed by atoms with van der Waals surface area (Å²) in [5.74, 6) is -0.0665. The third kappa shape index (κ3) is 16.7. The smallest absolute Gasteiger partial charge is 0.343 e. The molecule has 0 aliphatic rings. The third-order valence-corrected chi connectivity index (χ3v) is 8.49. The molecule has 4 heteroatoms. The lowest BCUT2D eigenvalue weighted by molar-refractivity contribution is 0.0730. The molecule has 0 bridgehead atoms. The Morgan fingerprint density at radius 3 is 0.804 bits per heavy atom. The first-order valence-electron chi connectivity index (χ1n) is 20.1. The number of hydrogen-bond acceptors (Lipinski definition) is 4. The van der Waals surface area contributed by atoms with Gasteiger partial charge in [0.2, 0.25) is 0 Å². The number of ether oxygens (including phenoxy) is 2. The number of benzene rings is 6. The fraction of sp³-hybridized carbons (Fsp3) is 0.269. The third-order valence-electron chi connectivity index (χ3n) is 8.49. The average molecular weight is 751 g/mol. The minimum absolute atomic E-state index is 0.363. The van der Waals surface area contributed by atoms with E-state index in [1.165, 1.54) is 33.4 Å². The minimum atomic E-state index is -0.467. The summed E-state index contributed by atoms with van der Waals surface area (Å²) < 4.78 is 10.6. The molecule has 0 spiro atoms. The first-order valence-corrected chi connectivity index (χ1v) is 20.1. The predicted octanol–water partition coefficient (Wildman–Crippen LogP) is 13.7. The zero-order valence-electron chi connectivity index (χ0n) is 35.3. The fourth-order valence-corrected chi connectivity index (χ4v) is 5.25. The first kappa shape index (κ1) is 46.4. The van der Waals surface area contributed by atoms with Crippen molar-refractivity contribution < 1.29 is 19.1 Å². The summed E-state index contributed by atoms with van der Waals surface area (Å²) >= 11 is 0. The van der Waals surface area contributed by atoms with E-state index in [-0.39, 0.29) is 0 Å². The van der Waals surface area contributed by atoms with Gasteiger partial charge in [-0.25, -0.2) is 9.59 Å². The zero-order chi connectivity index (χ0) is 41.3. The van der Waals surface area contributed by atoms with Crippen molar-refractivity contribution in [2.24, 2.45) is 0 Å². The number of aryl methyl sites for hydroxylation is 8. The Morgan fingerprint density at radius 1 is 0.321 bits per heavy atom. The molecule has 294 valence electrons. The summed E-state index contributed by atoms with van der Waals surface area (Å²) in [6.07, 6.45) is 4.45. The average Bonchev–Trinajstić information content (AvgIpc) is 3.24. The van der Waals surface area contributed by atoms with E-state index in [0.717, 1.165) is 36.8 Å². The van der Waals surface area contributed by atoms with Crippen LogP contribution in [0.4, 0.5) is 0 Å². The molecule has 0 unspecified atom stereocenters. The largest absolute Gasteiger partial charge is 0.423 e. The maximum atomic E-state index is 12.2. The van der Waals surface area contributed by atoms with E-state index < -0.39 is 11.9 Å². The summed E-state index contributed by atoms with van der Waals surface area (Å²) in [4.78, 5) is 24.3. The second-order valence-electron chi connectivity index (χ2n) is 12.8. The Hall–Kier alpha value is -5.74. The van der Waals surface area contributed by atoms with E-state index >= 15 is 0 Å². The molecule has 0 saturated carbocycles. The van der Waals surface area contributed by atoms with Crippen LogP contribution in [-0.4, -0.2) is 11.9 Å². The van der Waals surface area contributed by atoms with Gasteiger partial charge in [-0.15, -0.1) is 0 Å². The summed E-state index contributed by atoms with van der Waals surface area (Å²) in [7, 11) is 0. The Balaban J connectivity index is 0.000000342. The maximum Gasteiger partial charge on any atom is 0.343 e. The van der Waals surface area contributed by atoms with Gasteiger partial charge >= 0.3 is 11.9 Å². The molecule has 6 rings (SSSR count). The SMILES string of the molecule is CC.CC.CC.Cc1ccc(CCc2ccc(CCc3ccc(C)cc3)cc2)cc1.Cc1ccc(OC(=O)c2ccc(OC(=O)c3ccc(C)cc3)cc2)cc1. The number of rotatable bonds is 10. The molecule has 4 nitrogen and oxygen atoms in total. The van der Waals surface area contributed by atoms with E-state index in [1.807, 2.05) is 79.7 Å². The van der Waals surface area contributed by atoms with Crippen molar-refractivity contribution in [2.45, 2.75) is 94.9 Å². The number of carbonyl (C=O) groups is 2. The quantitative estimate of drug-likeness (QED) is 0.103. The summed E-state index contributed by atoms with van der Waals surface area (Å²) in [5.41, 5.74) is 11.4. The molecule has 0 aromatic heterocycles. The van der Waals surface area contributed by atoms with Gasteiger partial charge in [0.05, 0.1) is 11.1 Å². The van der Waals surface area contributed by atoms with Crippen LogP contribution in [0.5, 0.6) is 11.5 Å². The molecule has 56 heavy (non-hydrogen) atoms. The molecule has 0 N–H and O–H groups in total. The van der Waals surface area contributed by atoms with Gasteiger partial charge in [-0.2, -0.15) is 0 Å². The normalized spacial score (nSPS) is 9.68. The molecule has 0 amide bonds. The highest BCUT2D eigenvalue weighted by Gasteiger charge is 2.11. The lowest BCUT2D eigenvalue weighted by Crippen LogP contribution is -2.10. The monoisotopic (exact) mass is 750 g/mol. The van der Waals surface area contributed by atoms with Crippen molar-refractivity contribution in [1.82, 2.24) is 0 Å². The topological polar surface area (TPSA) is 52.6 Å². The fourth-order valence-electron chi connectivity index (χ4n) is 5.25. The molecule has 6 aromatic rings. The van der Waals surface area contributed by atoms with Gasteiger partial charge in [-0.1, -0.05) is 161 Å². The van der Waals surface area contributed by atoms with Crippen molar-refractivity contribution in [1.29, 1.82) is 0 Å². The van der Waals surface area contributed by atoms with Crippen LogP contribution in [0, 0.1) is 27.7 Å². The van der Waals surface area contributed by atoms with Crippen molar-refractivity contribution >= 4 is 11.9 Å². The van der Waals surface area contributed by atoms with E-state index in [2.05, 4.69) is 86.6 Å². The highest BCUT2D eigenvalue weighted by molar-refractivity contribution is 5.92. The Kier molecular flexibility index (Phi) is 21.7. The van der Waals surface area contributed by atoms with Crippen LogP contribution in [0.15, 0.2) is 146 Å². The second-order valence-corrected chi connectivity index (χ2v) is 12.8. The van der Waals surface area contributed by atoms with Gasteiger partial charge in [-0.3, -0.25) is 0 Å². The lowest BCUT2D eigenvalue weighted by Gasteiger charge is -2.07. The van der Waals surface area contributed by atoms with Gasteiger partial charge in [-0.05, 0) is 124 Å². The second kappa shape index (κ2) is 26.1. The van der Waals surface area contributed by atoms with E-state index in [9.17, 15) is 9.59 Å². The van der Waals surface area contributed by atoms with Crippen molar-refractivity contribution in [3.63, 3.8) is 0 Å². The van der Waals surface area contributed by atoms with E-state index in [0.29, 0.717) is 22.6 Å². The van der Waals surface area contributed by atoms with Gasteiger partial charge in [0.1, 0.15) is 11.5 Å². The van der Waals surface area contributed by atoms with Crippen LogP contribution in [0.3, 0.4) is 0 Å². The lowest BCUT2D eigenvalue weighted by atomic mass is 10.00. The van der Waals surface area contributed by atoms with Gasteiger partial charge in [0, 0.05) is 0 Å². The summed E-state index contributed by atoms with van der Waals surface area (Å²) in [6.45, 7) is 20.2. The van der Waals surface area contributed by atoms with Crippen LogP contribution < -0.4 is 9.47 Å². The summed E-state index contributed by atoms with van der Waals surface area (Å²) in [6, 6.07) is 47.5. The van der Waals surface area contributed by atoms with Crippen LogP contribution >= 0.6 is 0 Å². The highest BCUT2D eigenvalue weighted by atomic mass is 16.5. The Labute approximate surface area is 337 Å². The molecule has 0 aliphatic heterocycles. The Bertz CT molecular complexity index is 1890. The van der Waals surface area contributed by atoms with E-state index in [4.69, 9.17) is 9.47 Å². The molecule has 0 radical (unpaired) electrons. The van der Waals surface area contributed by atoms with Gasteiger partial charge in [0.15, 0.2) is 0 Å². The van der Waals surface area contributed by atoms with Crippen LogP contribution in [-0.2, 0) is 25.7 Å². The minimum Gasteiger partial charge on any atom is -0.423 e. The zero-order valence-corrected chi connectivity index (χ0v) is 35.3. The standard InChI is InChI=1S/C24H26.C22H18O4.3C2H6/c1-19-3-7-21(8-4-19)11-13-23-15-17-24(18-16-23)14-12-22-9-5-20(2)6-10-22;1-15-3-7-17(8-4-15)21(23)26-20-13-9-18(10-14-20)22(24)25-19-11-5-16(2)6-12-19;3*1-2/h3-10,15-18H,11-14H2,1-2H3;3-14H,1-2H3;3*1-2H3. The Morgan fingerprint density at radius 2 is 0.518 bits per heavy atom. The van der Waals surface area contributed by atoms with E-state index in [1.54, 1.807) is 48.5 Å². The molecule has 0 aliphatic carbocycles. The predicted molar refractivity (Wildman–Crippen MR) is 236 cm³/mol. The van der Waals surface area contributed by atoms with Crippen LogP contribution in [0.25, 0.3) is 0 Å². The van der Waals surface area contributed by atoms with Crippen molar-refractivity contribution in [3.05, 3.63) is 201 Å². The van der Waals surface area contributed by atoms with Crippen LogP contribution in [0.1, 0.15) is 107 Å². The maximum absolute atomic E-state index is 12.2. The summed E-state index contributed by atoms with van der Waals surface area (Å²) in [5, 5.41) is 0. The first-order chi connectivity index (χ1) is 27.2. The molecule has 0 saturated heterocycles. The molecular formula is C52H62O4. The molecular weight excluding hydrogens is 689 g/mol. The van der Waals surface area contributed by atoms with Gasteiger partial charge < -0.3 is 9.47 Å². The van der Waals surface area contributed by atoms with Crippen molar-refractivity contribution in [2.75, 3.05) is 0 Å².